The average molecular weight is 864 g/mol. The largest absolute Gasteiger partial charge is 0.494 e. The van der Waals surface area contributed by atoms with E-state index >= 15 is 0 Å². The van der Waals surface area contributed by atoms with E-state index in [1.54, 1.807) is 32.6 Å². The van der Waals surface area contributed by atoms with Crippen LogP contribution < -0.4 is 30.9 Å². The van der Waals surface area contributed by atoms with Crippen LogP contribution >= 0.6 is 34.7 Å². The molecule has 3 aromatic carbocycles. The molecule has 292 valence electrons. The van der Waals surface area contributed by atoms with Crippen LogP contribution in [0.1, 0.15) is 52.0 Å². The number of aromatic nitrogens is 2. The highest BCUT2D eigenvalue weighted by Gasteiger charge is 2.45. The Bertz CT molecular complexity index is 2300. The maximum atomic E-state index is 13.4. The van der Waals surface area contributed by atoms with Gasteiger partial charge in [0, 0.05) is 53.6 Å². The molecular weight excluding hydrogens is 823 g/mol. The topological polar surface area (TPSA) is 166 Å². The Morgan fingerprint density at radius 2 is 1.70 bits per heavy atom. The summed E-state index contributed by atoms with van der Waals surface area (Å²) in [5.74, 6) is -0.802. The minimum atomic E-state index is -2.57. The van der Waals surface area contributed by atoms with Crippen LogP contribution in [0, 0.1) is 0 Å². The molecule has 17 heteroatoms. The number of ether oxygens (including phenoxy) is 1. The number of carbonyl (C=O) groups excluding carboxylic acids is 4. The zero-order chi connectivity index (χ0) is 39.9. The zero-order valence-electron chi connectivity index (χ0n) is 31.3. The Balaban J connectivity index is 0.981. The molecule has 4 amide bonds. The van der Waals surface area contributed by atoms with E-state index < -0.39 is 36.8 Å². The molecule has 0 bridgehead atoms. The summed E-state index contributed by atoms with van der Waals surface area (Å²) in [6, 6.07) is 16.0. The van der Waals surface area contributed by atoms with E-state index in [4.69, 9.17) is 16.3 Å². The molecule has 3 N–H and O–H groups in total. The lowest BCUT2D eigenvalue weighted by Crippen LogP contribution is -2.54. The molecule has 7 rings (SSSR count). The van der Waals surface area contributed by atoms with Gasteiger partial charge in [-0.2, -0.15) is 4.98 Å². The van der Waals surface area contributed by atoms with Crippen LogP contribution in [-0.4, -0.2) is 96.1 Å². The van der Waals surface area contributed by atoms with E-state index in [1.807, 2.05) is 42.5 Å². The number of amides is 4. The van der Waals surface area contributed by atoms with Crippen molar-refractivity contribution in [3.63, 3.8) is 0 Å². The number of piperidine rings is 2. The first kappa shape index (κ1) is 39.4. The third kappa shape index (κ3) is 8.04. The van der Waals surface area contributed by atoms with Crippen LogP contribution in [0.5, 0.6) is 5.75 Å². The van der Waals surface area contributed by atoms with Crippen LogP contribution in [0.3, 0.4) is 0 Å². The van der Waals surface area contributed by atoms with Gasteiger partial charge in [-0.05, 0) is 81.6 Å². The Morgan fingerprint density at radius 3 is 2.39 bits per heavy atom. The first-order valence-electron chi connectivity index (χ1n) is 18.1. The zero-order valence-corrected chi connectivity index (χ0v) is 34.5. The van der Waals surface area contributed by atoms with Gasteiger partial charge < -0.3 is 24.8 Å². The number of methoxy groups -OCH3 is 1. The molecule has 1 atom stereocenters. The molecular formula is C39H41BrClN8O6P. The molecule has 0 aliphatic carbocycles. The van der Waals surface area contributed by atoms with Crippen LogP contribution in [0.2, 0.25) is 5.02 Å². The fourth-order valence-electron chi connectivity index (χ4n) is 7.41. The molecule has 2 fully saturated rings. The number of carbonyl (C=O) groups is 4. The predicted octanol–water partition coefficient (Wildman–Crippen LogP) is 6.14. The number of imide groups is 2. The summed E-state index contributed by atoms with van der Waals surface area (Å²) in [5.41, 5.74) is 3.71. The molecule has 0 spiro atoms. The molecule has 56 heavy (non-hydrogen) atoms. The van der Waals surface area contributed by atoms with Crippen molar-refractivity contribution in [2.45, 2.75) is 44.3 Å². The van der Waals surface area contributed by atoms with E-state index in [0.29, 0.717) is 50.2 Å². The number of nitrogens with zero attached hydrogens (tertiary/aromatic N) is 5. The number of para-hydroxylation sites is 1. The van der Waals surface area contributed by atoms with Crippen molar-refractivity contribution < 1.29 is 28.5 Å². The van der Waals surface area contributed by atoms with Gasteiger partial charge in [-0.3, -0.25) is 34.3 Å². The van der Waals surface area contributed by atoms with Crippen LogP contribution in [0.15, 0.2) is 65.3 Å². The second-order valence-electron chi connectivity index (χ2n) is 14.5. The molecule has 1 unspecified atom stereocenters. The Morgan fingerprint density at radius 1 is 0.982 bits per heavy atom. The van der Waals surface area contributed by atoms with Crippen LogP contribution in [-0.2, 0) is 20.7 Å². The van der Waals surface area contributed by atoms with Gasteiger partial charge in [0.2, 0.25) is 17.8 Å². The fraction of sp³-hybridized carbons (Fsp3) is 0.333. The average Bonchev–Trinajstić information content (AvgIpc) is 3.40. The smallest absolute Gasteiger partial charge is 0.262 e. The molecule has 4 aromatic rings. The number of hydrogen-bond donors (Lipinski definition) is 3. The number of anilines is 5. The van der Waals surface area contributed by atoms with Gasteiger partial charge in [0.15, 0.2) is 5.82 Å². The SMILES string of the molecule is COc1cc(N2CCC(N(C)Cc3cc4c(cc3Br)C(=O)N(C3CCC(=O)NC3=O)C4=O)CC2)ccc1Nc1ncc(Cl)c(Nc2ccccc2P(C)(C)=O)n1. The number of rotatable bonds is 11. The number of fused-ring (bicyclic) bond motifs is 1. The van der Waals surface area contributed by atoms with Crippen molar-refractivity contribution in [1.29, 1.82) is 0 Å². The summed E-state index contributed by atoms with van der Waals surface area (Å²) in [6.45, 7) is 5.59. The minimum Gasteiger partial charge on any atom is -0.494 e. The third-order valence-corrected chi connectivity index (χ3v) is 13.0. The van der Waals surface area contributed by atoms with Gasteiger partial charge >= 0.3 is 0 Å². The maximum Gasteiger partial charge on any atom is 0.262 e. The summed E-state index contributed by atoms with van der Waals surface area (Å²) < 4.78 is 19.4. The predicted molar refractivity (Wildman–Crippen MR) is 220 cm³/mol. The molecule has 0 radical (unpaired) electrons. The molecule has 3 aliphatic rings. The van der Waals surface area contributed by atoms with Gasteiger partial charge in [0.05, 0.1) is 35.8 Å². The first-order valence-corrected chi connectivity index (χ1v) is 21.9. The lowest BCUT2D eigenvalue weighted by Gasteiger charge is -2.38. The van der Waals surface area contributed by atoms with Gasteiger partial charge in [0.25, 0.3) is 11.8 Å². The van der Waals surface area contributed by atoms with Crippen molar-refractivity contribution in [2.75, 3.05) is 56.1 Å². The quantitative estimate of drug-likeness (QED) is 0.117. The van der Waals surface area contributed by atoms with E-state index in [2.05, 4.69) is 58.7 Å². The standard InChI is InChI=1S/C39H41BrClN8O6P/c1-47(21-22-17-25-26(19-27(22)40)38(53)49(37(25)52)31-11-12-34(50)45-36(31)51)23-13-15-48(16-14-23)24-9-10-29(32(18-24)55-2)44-39-42-20-28(41)35(46-39)43-30-7-5-6-8-33(30)56(3,4)54/h5-10,17-20,23,31H,11-16,21H2,1-4H3,(H,45,50,51)(H2,42,43,44,46). The normalized spacial score (nSPS) is 17.7. The summed E-state index contributed by atoms with van der Waals surface area (Å²) in [4.78, 5) is 65.3. The second kappa shape index (κ2) is 16.0. The summed E-state index contributed by atoms with van der Waals surface area (Å²) in [5, 5.41) is 9.71. The Kier molecular flexibility index (Phi) is 11.2. The van der Waals surface area contributed by atoms with E-state index in [-0.39, 0.29) is 30.0 Å². The minimum absolute atomic E-state index is 0.0689. The van der Waals surface area contributed by atoms with Gasteiger partial charge in [-0.1, -0.05) is 39.7 Å². The van der Waals surface area contributed by atoms with Crippen LogP contribution in [0.4, 0.5) is 28.8 Å². The molecule has 2 saturated heterocycles. The van der Waals surface area contributed by atoms with E-state index in [0.717, 1.165) is 42.1 Å². The van der Waals surface area contributed by atoms with Crippen molar-refractivity contribution in [2.24, 2.45) is 0 Å². The highest BCUT2D eigenvalue weighted by atomic mass is 79.9. The maximum absolute atomic E-state index is 13.4. The summed E-state index contributed by atoms with van der Waals surface area (Å²) in [6.07, 6.45) is 3.47. The van der Waals surface area contributed by atoms with Crippen molar-refractivity contribution in [3.8, 4) is 5.75 Å². The monoisotopic (exact) mass is 862 g/mol. The van der Waals surface area contributed by atoms with Gasteiger partial charge in [0.1, 0.15) is 24.0 Å². The molecule has 1 aromatic heterocycles. The fourth-order valence-corrected chi connectivity index (χ4v) is 9.17. The van der Waals surface area contributed by atoms with Crippen molar-refractivity contribution in [1.82, 2.24) is 25.1 Å². The number of halogens is 2. The first-order chi connectivity index (χ1) is 26.7. The lowest BCUT2D eigenvalue weighted by molar-refractivity contribution is -0.136. The van der Waals surface area contributed by atoms with Gasteiger partial charge in [-0.25, -0.2) is 4.98 Å². The van der Waals surface area contributed by atoms with Crippen molar-refractivity contribution in [3.05, 3.63) is 87.0 Å². The number of benzene rings is 3. The highest BCUT2D eigenvalue weighted by molar-refractivity contribution is 9.10. The Labute approximate surface area is 337 Å². The third-order valence-electron chi connectivity index (χ3n) is 10.4. The molecule has 0 saturated carbocycles. The molecule has 4 heterocycles. The van der Waals surface area contributed by atoms with Gasteiger partial charge in [-0.15, -0.1) is 0 Å². The van der Waals surface area contributed by atoms with E-state index in [1.165, 1.54) is 6.20 Å². The van der Waals surface area contributed by atoms with E-state index in [9.17, 15) is 23.7 Å². The number of hydrogen-bond acceptors (Lipinski definition) is 12. The summed E-state index contributed by atoms with van der Waals surface area (Å²) in [7, 11) is 1.09. The molecule has 14 nitrogen and oxygen atoms in total. The highest BCUT2D eigenvalue weighted by Crippen LogP contribution is 2.39. The lowest BCUT2D eigenvalue weighted by atomic mass is 10.0. The molecule has 3 aliphatic heterocycles. The second-order valence-corrected chi connectivity index (χ2v) is 18.9. The summed E-state index contributed by atoms with van der Waals surface area (Å²) >= 11 is 10.1. The number of nitrogens with one attached hydrogen (secondary N) is 3. The van der Waals surface area contributed by atoms with Crippen LogP contribution in [0.25, 0.3) is 0 Å². The Hall–Kier alpha value is -4.82. The van der Waals surface area contributed by atoms with Crippen molar-refractivity contribution >= 4 is 92.4 Å².